The van der Waals surface area contributed by atoms with Crippen molar-refractivity contribution in [2.45, 2.75) is 13.5 Å². The standard InChI is InChI=1S/C13H12N4O2S/c1-8-6-11(17-19-8)16-13(18)14-7-12-15-9-4-2-3-5-10(9)20-12/h2-6H,7H2,1H3,(H2,14,16,17,18). The third-order valence-electron chi connectivity index (χ3n) is 2.61. The minimum atomic E-state index is -0.336. The summed E-state index contributed by atoms with van der Waals surface area (Å²) < 4.78 is 5.97. The average molecular weight is 288 g/mol. The first-order chi connectivity index (χ1) is 9.70. The number of nitrogens with zero attached hydrogens (tertiary/aromatic N) is 2. The van der Waals surface area contributed by atoms with Crippen molar-refractivity contribution in [3.05, 3.63) is 41.1 Å². The molecule has 0 fully saturated rings. The second-order valence-corrected chi connectivity index (χ2v) is 5.32. The summed E-state index contributed by atoms with van der Waals surface area (Å²) in [6.07, 6.45) is 0. The zero-order valence-corrected chi connectivity index (χ0v) is 11.5. The zero-order chi connectivity index (χ0) is 13.9. The van der Waals surface area contributed by atoms with E-state index in [0.717, 1.165) is 15.2 Å². The van der Waals surface area contributed by atoms with Gasteiger partial charge in [-0.25, -0.2) is 9.78 Å². The fourth-order valence-corrected chi connectivity index (χ4v) is 2.64. The monoisotopic (exact) mass is 288 g/mol. The van der Waals surface area contributed by atoms with Gasteiger partial charge in [0.15, 0.2) is 5.82 Å². The quantitative estimate of drug-likeness (QED) is 0.776. The van der Waals surface area contributed by atoms with Gasteiger partial charge in [-0.1, -0.05) is 17.3 Å². The minimum Gasteiger partial charge on any atom is -0.360 e. The van der Waals surface area contributed by atoms with Gasteiger partial charge in [0.05, 0.1) is 16.8 Å². The number of para-hydroxylation sites is 1. The SMILES string of the molecule is Cc1cc(NC(=O)NCc2nc3ccccc3s2)no1. The van der Waals surface area contributed by atoms with Gasteiger partial charge in [0.2, 0.25) is 0 Å². The zero-order valence-electron chi connectivity index (χ0n) is 10.7. The number of fused-ring (bicyclic) bond motifs is 1. The van der Waals surface area contributed by atoms with Crippen LogP contribution in [0.1, 0.15) is 10.8 Å². The van der Waals surface area contributed by atoms with Crippen molar-refractivity contribution in [2.24, 2.45) is 0 Å². The Bertz CT molecular complexity index is 717. The lowest BCUT2D eigenvalue weighted by molar-refractivity contribution is 0.251. The normalized spacial score (nSPS) is 10.7. The van der Waals surface area contributed by atoms with Crippen molar-refractivity contribution in [3.8, 4) is 0 Å². The van der Waals surface area contributed by atoms with E-state index >= 15 is 0 Å². The molecule has 6 nitrogen and oxygen atoms in total. The van der Waals surface area contributed by atoms with E-state index in [-0.39, 0.29) is 6.03 Å². The number of aryl methyl sites for hydroxylation is 1. The van der Waals surface area contributed by atoms with Crippen LogP contribution in [-0.2, 0) is 6.54 Å². The molecule has 0 unspecified atom stereocenters. The summed E-state index contributed by atoms with van der Waals surface area (Å²) in [5.41, 5.74) is 0.946. The van der Waals surface area contributed by atoms with Gasteiger partial charge >= 0.3 is 6.03 Å². The lowest BCUT2D eigenvalue weighted by Gasteiger charge is -2.02. The van der Waals surface area contributed by atoms with Crippen molar-refractivity contribution in [2.75, 3.05) is 5.32 Å². The van der Waals surface area contributed by atoms with Crippen LogP contribution < -0.4 is 10.6 Å². The molecular weight excluding hydrogens is 276 g/mol. The molecule has 102 valence electrons. The van der Waals surface area contributed by atoms with Crippen molar-refractivity contribution in [1.29, 1.82) is 0 Å². The minimum absolute atomic E-state index is 0.336. The fourth-order valence-electron chi connectivity index (χ4n) is 1.74. The van der Waals surface area contributed by atoms with Gasteiger partial charge in [-0.05, 0) is 19.1 Å². The van der Waals surface area contributed by atoms with Crippen LogP contribution in [0.2, 0.25) is 0 Å². The van der Waals surface area contributed by atoms with Crippen LogP contribution in [-0.4, -0.2) is 16.2 Å². The molecule has 2 aromatic heterocycles. The lowest BCUT2D eigenvalue weighted by Crippen LogP contribution is -2.28. The Hall–Kier alpha value is -2.41. The number of aromatic nitrogens is 2. The molecule has 0 aliphatic rings. The number of hydrogen-bond donors (Lipinski definition) is 2. The largest absolute Gasteiger partial charge is 0.360 e. The molecule has 2 amide bonds. The Morgan fingerprint density at radius 1 is 1.40 bits per heavy atom. The van der Waals surface area contributed by atoms with Gasteiger partial charge < -0.3 is 9.84 Å². The van der Waals surface area contributed by atoms with Crippen LogP contribution in [0.5, 0.6) is 0 Å². The second kappa shape index (κ2) is 5.30. The highest BCUT2D eigenvalue weighted by Gasteiger charge is 2.07. The molecule has 0 atom stereocenters. The van der Waals surface area contributed by atoms with E-state index in [0.29, 0.717) is 18.1 Å². The molecule has 0 aliphatic heterocycles. The Labute approximate surface area is 118 Å². The third kappa shape index (κ3) is 2.77. The Balaban J connectivity index is 1.59. The summed E-state index contributed by atoms with van der Waals surface area (Å²) in [5, 5.41) is 9.87. The van der Waals surface area contributed by atoms with Crippen molar-refractivity contribution >= 4 is 33.4 Å². The number of amides is 2. The molecule has 0 aliphatic carbocycles. The second-order valence-electron chi connectivity index (χ2n) is 4.21. The number of carbonyl (C=O) groups is 1. The highest BCUT2D eigenvalue weighted by Crippen LogP contribution is 2.21. The molecule has 20 heavy (non-hydrogen) atoms. The van der Waals surface area contributed by atoms with E-state index in [1.165, 1.54) is 0 Å². The molecule has 3 aromatic rings. The predicted molar refractivity (Wildman–Crippen MR) is 76.7 cm³/mol. The van der Waals surface area contributed by atoms with Gasteiger partial charge in [-0.3, -0.25) is 5.32 Å². The molecule has 0 bridgehead atoms. The first kappa shape index (κ1) is 12.6. The highest BCUT2D eigenvalue weighted by atomic mass is 32.1. The number of benzene rings is 1. The average Bonchev–Trinajstić information content (AvgIpc) is 3.02. The van der Waals surface area contributed by atoms with Crippen molar-refractivity contribution < 1.29 is 9.32 Å². The van der Waals surface area contributed by atoms with E-state index in [9.17, 15) is 4.79 Å². The molecule has 2 heterocycles. The molecule has 0 radical (unpaired) electrons. The Kier molecular flexibility index (Phi) is 3.34. The van der Waals surface area contributed by atoms with E-state index < -0.39 is 0 Å². The Morgan fingerprint density at radius 3 is 3.00 bits per heavy atom. The van der Waals surface area contributed by atoms with E-state index in [4.69, 9.17) is 4.52 Å². The van der Waals surface area contributed by atoms with Crippen molar-refractivity contribution in [1.82, 2.24) is 15.5 Å². The topological polar surface area (TPSA) is 80.0 Å². The number of nitrogens with one attached hydrogen (secondary N) is 2. The van der Waals surface area contributed by atoms with Crippen LogP contribution in [0, 0.1) is 6.92 Å². The van der Waals surface area contributed by atoms with Gasteiger partial charge in [-0.15, -0.1) is 11.3 Å². The predicted octanol–water partition coefficient (Wildman–Crippen LogP) is 2.91. The fraction of sp³-hybridized carbons (Fsp3) is 0.154. The van der Waals surface area contributed by atoms with Crippen LogP contribution in [0.15, 0.2) is 34.9 Å². The lowest BCUT2D eigenvalue weighted by atomic mass is 10.3. The maximum Gasteiger partial charge on any atom is 0.320 e. The summed E-state index contributed by atoms with van der Waals surface area (Å²) in [4.78, 5) is 16.1. The molecule has 2 N–H and O–H groups in total. The number of anilines is 1. The number of hydrogen-bond acceptors (Lipinski definition) is 5. The maximum absolute atomic E-state index is 11.7. The number of thiazole rings is 1. The molecule has 7 heteroatoms. The summed E-state index contributed by atoms with van der Waals surface area (Å²) in [5.74, 6) is 1.04. The maximum atomic E-state index is 11.7. The molecule has 1 aromatic carbocycles. The summed E-state index contributed by atoms with van der Waals surface area (Å²) in [7, 11) is 0. The first-order valence-corrected chi connectivity index (χ1v) is 6.85. The van der Waals surface area contributed by atoms with Gasteiger partial charge in [-0.2, -0.15) is 0 Å². The molecule has 3 rings (SSSR count). The van der Waals surface area contributed by atoms with Gasteiger partial charge in [0.25, 0.3) is 0 Å². The number of rotatable bonds is 3. The highest BCUT2D eigenvalue weighted by molar-refractivity contribution is 7.18. The van der Waals surface area contributed by atoms with Crippen LogP contribution in [0.4, 0.5) is 10.6 Å². The number of urea groups is 1. The third-order valence-corrected chi connectivity index (χ3v) is 3.64. The molecule has 0 saturated heterocycles. The summed E-state index contributed by atoms with van der Waals surface area (Å²) in [6, 6.07) is 9.19. The first-order valence-electron chi connectivity index (χ1n) is 6.03. The van der Waals surface area contributed by atoms with E-state index in [1.54, 1.807) is 24.3 Å². The van der Waals surface area contributed by atoms with Crippen molar-refractivity contribution in [3.63, 3.8) is 0 Å². The van der Waals surface area contributed by atoms with E-state index in [1.807, 2.05) is 24.3 Å². The summed E-state index contributed by atoms with van der Waals surface area (Å²) in [6.45, 7) is 2.14. The number of carbonyl (C=O) groups excluding carboxylic acids is 1. The molecular formula is C13H12N4O2S. The Morgan fingerprint density at radius 2 is 2.25 bits per heavy atom. The van der Waals surface area contributed by atoms with E-state index in [2.05, 4.69) is 20.8 Å². The van der Waals surface area contributed by atoms with Crippen LogP contribution >= 0.6 is 11.3 Å². The van der Waals surface area contributed by atoms with Gasteiger partial charge in [0.1, 0.15) is 10.8 Å². The smallest absolute Gasteiger partial charge is 0.320 e. The molecule has 0 saturated carbocycles. The van der Waals surface area contributed by atoms with Crippen LogP contribution in [0.3, 0.4) is 0 Å². The van der Waals surface area contributed by atoms with Crippen LogP contribution in [0.25, 0.3) is 10.2 Å². The van der Waals surface area contributed by atoms with Gasteiger partial charge in [0, 0.05) is 6.07 Å². The summed E-state index contributed by atoms with van der Waals surface area (Å²) >= 11 is 1.56. The molecule has 0 spiro atoms.